The van der Waals surface area contributed by atoms with Gasteiger partial charge in [0.2, 0.25) is 0 Å². The molecular formula is C12H10Cl2N2O2S. The van der Waals surface area contributed by atoms with Gasteiger partial charge in [-0.2, -0.15) is 0 Å². The summed E-state index contributed by atoms with van der Waals surface area (Å²) >= 11 is 11.7. The first-order valence-electron chi connectivity index (χ1n) is 5.26. The maximum Gasteiger partial charge on any atom is 0.182 e. The highest BCUT2D eigenvalue weighted by Gasteiger charge is 2.18. The van der Waals surface area contributed by atoms with E-state index in [1.54, 1.807) is 6.07 Å². The molecule has 1 aromatic carbocycles. The fraction of sp³-hybridized carbons (Fsp3) is 0.0833. The van der Waals surface area contributed by atoms with Gasteiger partial charge in [-0.3, -0.25) is 4.98 Å². The number of nitrogens with zero attached hydrogens (tertiary/aromatic N) is 1. The summed E-state index contributed by atoms with van der Waals surface area (Å²) in [5.74, 6) is -0.214. The number of anilines is 1. The number of hydrogen-bond acceptors (Lipinski definition) is 4. The molecule has 100 valence electrons. The van der Waals surface area contributed by atoms with Crippen LogP contribution >= 0.6 is 23.2 Å². The quantitative estimate of drug-likeness (QED) is 0.883. The second kappa shape index (κ2) is 5.36. The first-order chi connectivity index (χ1) is 8.90. The summed E-state index contributed by atoms with van der Waals surface area (Å²) in [6, 6.07) is 5.79. The van der Waals surface area contributed by atoms with Crippen LogP contribution in [0.2, 0.25) is 10.0 Å². The SMILES string of the molecule is Nc1ccc(S(=O)(=O)Cc2ccncc2Cl)cc1Cl. The number of nitrogens with two attached hydrogens (primary N) is 1. The standard InChI is InChI=1S/C12H10Cl2N2O2S/c13-10-5-9(1-2-12(10)15)19(17,18)7-8-3-4-16-6-11(8)14/h1-6H,7,15H2. The van der Waals surface area contributed by atoms with Gasteiger partial charge in [0.25, 0.3) is 0 Å². The molecule has 0 unspecified atom stereocenters. The smallest absolute Gasteiger partial charge is 0.182 e. The van der Waals surface area contributed by atoms with Crippen molar-refractivity contribution in [1.82, 2.24) is 4.98 Å². The Labute approximate surface area is 121 Å². The lowest BCUT2D eigenvalue weighted by Crippen LogP contribution is -2.06. The van der Waals surface area contributed by atoms with Gasteiger partial charge < -0.3 is 5.73 Å². The van der Waals surface area contributed by atoms with Crippen LogP contribution in [-0.4, -0.2) is 13.4 Å². The number of rotatable bonds is 3. The molecule has 4 nitrogen and oxygen atoms in total. The average molecular weight is 317 g/mol. The third-order valence-corrected chi connectivity index (χ3v) is 4.86. The van der Waals surface area contributed by atoms with Crippen molar-refractivity contribution in [3.63, 3.8) is 0 Å². The van der Waals surface area contributed by atoms with E-state index in [2.05, 4.69) is 4.98 Å². The molecule has 0 atom stereocenters. The van der Waals surface area contributed by atoms with Gasteiger partial charge in [0.15, 0.2) is 9.84 Å². The lowest BCUT2D eigenvalue weighted by atomic mass is 10.3. The summed E-state index contributed by atoms with van der Waals surface area (Å²) in [5, 5.41) is 0.523. The van der Waals surface area contributed by atoms with E-state index in [1.165, 1.54) is 30.6 Å². The van der Waals surface area contributed by atoms with Crippen LogP contribution in [0.25, 0.3) is 0 Å². The van der Waals surface area contributed by atoms with E-state index in [9.17, 15) is 8.42 Å². The van der Waals surface area contributed by atoms with Gasteiger partial charge in [-0.1, -0.05) is 23.2 Å². The Hall–Kier alpha value is -1.30. The van der Waals surface area contributed by atoms with E-state index in [0.29, 0.717) is 16.3 Å². The highest BCUT2D eigenvalue weighted by molar-refractivity contribution is 7.90. The van der Waals surface area contributed by atoms with Crippen LogP contribution in [0, 0.1) is 0 Å². The molecule has 0 saturated heterocycles. The first kappa shape index (κ1) is 14.1. The number of pyridine rings is 1. The van der Waals surface area contributed by atoms with Crippen molar-refractivity contribution in [2.75, 3.05) is 5.73 Å². The van der Waals surface area contributed by atoms with Crippen molar-refractivity contribution in [2.24, 2.45) is 0 Å². The zero-order valence-electron chi connectivity index (χ0n) is 9.68. The summed E-state index contributed by atoms with van der Waals surface area (Å²) in [6.45, 7) is 0. The Balaban J connectivity index is 2.38. The van der Waals surface area contributed by atoms with Crippen LogP contribution < -0.4 is 5.73 Å². The Morgan fingerprint density at radius 2 is 1.89 bits per heavy atom. The minimum absolute atomic E-state index is 0.111. The molecule has 0 spiro atoms. The monoisotopic (exact) mass is 316 g/mol. The zero-order valence-corrected chi connectivity index (χ0v) is 12.0. The third kappa shape index (κ3) is 3.18. The maximum absolute atomic E-state index is 12.2. The van der Waals surface area contributed by atoms with Crippen LogP contribution in [0.5, 0.6) is 0 Å². The fourth-order valence-electron chi connectivity index (χ4n) is 1.51. The predicted octanol–water partition coefficient (Wildman–Crippen LogP) is 2.94. The van der Waals surface area contributed by atoms with Gasteiger partial charge >= 0.3 is 0 Å². The van der Waals surface area contributed by atoms with Crippen LogP contribution in [-0.2, 0) is 15.6 Å². The summed E-state index contributed by atoms with van der Waals surface area (Å²) in [6.07, 6.45) is 2.90. The molecule has 0 saturated carbocycles. The van der Waals surface area contributed by atoms with E-state index in [-0.39, 0.29) is 15.7 Å². The molecular weight excluding hydrogens is 307 g/mol. The number of hydrogen-bond donors (Lipinski definition) is 1. The van der Waals surface area contributed by atoms with E-state index in [0.717, 1.165) is 0 Å². The van der Waals surface area contributed by atoms with Crippen molar-refractivity contribution < 1.29 is 8.42 Å². The number of halogens is 2. The molecule has 2 N–H and O–H groups in total. The largest absolute Gasteiger partial charge is 0.398 e. The van der Waals surface area contributed by atoms with Crippen molar-refractivity contribution in [3.05, 3.63) is 52.3 Å². The molecule has 2 aromatic rings. The Bertz CT molecular complexity index is 717. The molecule has 2 rings (SSSR count). The molecule has 0 amide bonds. The summed E-state index contributed by atoms with van der Waals surface area (Å²) < 4.78 is 24.5. The number of nitrogen functional groups attached to an aromatic ring is 1. The van der Waals surface area contributed by atoms with Gasteiger partial charge in [0.1, 0.15) is 0 Å². The van der Waals surface area contributed by atoms with Gasteiger partial charge in [0, 0.05) is 12.4 Å². The highest BCUT2D eigenvalue weighted by Crippen LogP contribution is 2.26. The first-order valence-corrected chi connectivity index (χ1v) is 7.67. The van der Waals surface area contributed by atoms with E-state index < -0.39 is 9.84 Å². The van der Waals surface area contributed by atoms with Crippen LogP contribution in [0.1, 0.15) is 5.56 Å². The number of sulfone groups is 1. The van der Waals surface area contributed by atoms with Crippen molar-refractivity contribution >= 4 is 38.7 Å². The molecule has 0 aliphatic carbocycles. The minimum atomic E-state index is -3.53. The summed E-state index contributed by atoms with van der Waals surface area (Å²) in [5.41, 5.74) is 6.38. The molecule has 0 bridgehead atoms. The lowest BCUT2D eigenvalue weighted by molar-refractivity contribution is 0.595. The summed E-state index contributed by atoms with van der Waals surface area (Å²) in [7, 11) is -3.53. The number of benzene rings is 1. The van der Waals surface area contributed by atoms with E-state index in [1.807, 2.05) is 0 Å². The molecule has 1 aromatic heterocycles. The van der Waals surface area contributed by atoms with Crippen LogP contribution in [0.15, 0.2) is 41.6 Å². The van der Waals surface area contributed by atoms with Crippen molar-refractivity contribution in [1.29, 1.82) is 0 Å². The Morgan fingerprint density at radius 3 is 2.53 bits per heavy atom. The fourth-order valence-corrected chi connectivity index (χ4v) is 3.42. The Morgan fingerprint density at radius 1 is 1.16 bits per heavy atom. The molecule has 1 heterocycles. The molecule has 0 radical (unpaired) electrons. The minimum Gasteiger partial charge on any atom is -0.398 e. The summed E-state index contributed by atoms with van der Waals surface area (Å²) in [4.78, 5) is 3.92. The third-order valence-electron chi connectivity index (χ3n) is 2.53. The molecule has 0 fully saturated rings. The second-order valence-electron chi connectivity index (χ2n) is 3.91. The van der Waals surface area contributed by atoms with Gasteiger partial charge in [-0.15, -0.1) is 0 Å². The predicted molar refractivity (Wildman–Crippen MR) is 76.0 cm³/mol. The van der Waals surface area contributed by atoms with Crippen molar-refractivity contribution in [3.8, 4) is 0 Å². The van der Waals surface area contributed by atoms with Crippen LogP contribution in [0.4, 0.5) is 5.69 Å². The lowest BCUT2D eigenvalue weighted by Gasteiger charge is -2.07. The molecule has 0 aliphatic heterocycles. The van der Waals surface area contributed by atoms with Gasteiger partial charge in [-0.05, 0) is 29.8 Å². The maximum atomic E-state index is 12.2. The van der Waals surface area contributed by atoms with Gasteiger partial charge in [-0.25, -0.2) is 8.42 Å². The average Bonchev–Trinajstić information content (AvgIpc) is 2.35. The normalized spacial score (nSPS) is 11.5. The second-order valence-corrected chi connectivity index (χ2v) is 6.71. The molecule has 19 heavy (non-hydrogen) atoms. The molecule has 7 heteroatoms. The Kier molecular flexibility index (Phi) is 3.99. The van der Waals surface area contributed by atoms with Crippen LogP contribution in [0.3, 0.4) is 0 Å². The van der Waals surface area contributed by atoms with E-state index >= 15 is 0 Å². The molecule has 0 aliphatic rings. The number of aromatic nitrogens is 1. The topological polar surface area (TPSA) is 73.1 Å². The zero-order chi connectivity index (χ0) is 14.0. The van der Waals surface area contributed by atoms with E-state index in [4.69, 9.17) is 28.9 Å². The van der Waals surface area contributed by atoms with Crippen molar-refractivity contribution in [2.45, 2.75) is 10.6 Å². The van der Waals surface area contributed by atoms with Gasteiger partial charge in [0.05, 0.1) is 26.4 Å². The highest BCUT2D eigenvalue weighted by atomic mass is 35.5.